The minimum atomic E-state index is -1.46. The van der Waals surface area contributed by atoms with Gasteiger partial charge in [0.15, 0.2) is 17.3 Å². The summed E-state index contributed by atoms with van der Waals surface area (Å²) in [5.74, 6) is -0.251. The first kappa shape index (κ1) is 24.2. The number of nitrogens with one attached hydrogen (secondary N) is 1. The summed E-state index contributed by atoms with van der Waals surface area (Å²) in [5, 5.41) is 10.9. The van der Waals surface area contributed by atoms with E-state index >= 15 is 0 Å². The number of ketones is 1. The Morgan fingerprint density at radius 3 is 2.06 bits per heavy atom. The first-order valence-corrected chi connectivity index (χ1v) is 9.57. The first-order chi connectivity index (χ1) is 14.8. The molecule has 9 nitrogen and oxygen atoms in total. The lowest BCUT2D eigenvalue weighted by atomic mass is 10.2. The van der Waals surface area contributed by atoms with Gasteiger partial charge in [0.2, 0.25) is 6.04 Å². The van der Waals surface area contributed by atoms with Gasteiger partial charge in [-0.2, -0.15) is 10.2 Å². The van der Waals surface area contributed by atoms with Crippen LogP contribution in [0.1, 0.15) is 6.92 Å². The molecule has 1 N–H and O–H groups in total. The van der Waals surface area contributed by atoms with Crippen molar-refractivity contribution in [2.45, 2.75) is 13.0 Å². The summed E-state index contributed by atoms with van der Waals surface area (Å²) in [6, 6.07) is 4.73. The predicted molar refractivity (Wildman–Crippen MR) is 117 cm³/mol. The highest BCUT2D eigenvalue weighted by Gasteiger charge is 2.26. The number of benzene rings is 2. The molecule has 0 saturated carbocycles. The molecule has 0 spiro atoms. The second-order valence-corrected chi connectivity index (χ2v) is 6.80. The normalized spacial score (nSPS) is 11.7. The fourth-order valence-electron chi connectivity index (χ4n) is 2.61. The fraction of sp³-hybridized carbons (Fsp3) is 0.300. The van der Waals surface area contributed by atoms with Crippen LogP contribution in [0.15, 0.2) is 34.5 Å². The van der Waals surface area contributed by atoms with Crippen molar-refractivity contribution < 1.29 is 28.5 Å². The molecule has 0 aliphatic heterocycles. The van der Waals surface area contributed by atoms with Crippen LogP contribution in [-0.4, -0.2) is 46.2 Å². The Labute approximate surface area is 189 Å². The smallest absolute Gasteiger partial charge is 0.258 e. The van der Waals surface area contributed by atoms with Crippen LogP contribution >= 0.6 is 23.2 Å². The largest absolute Gasteiger partial charge is 0.495 e. The van der Waals surface area contributed by atoms with Crippen molar-refractivity contribution in [3.8, 4) is 23.0 Å². The Morgan fingerprint density at radius 1 is 0.903 bits per heavy atom. The maximum Gasteiger partial charge on any atom is 0.258 e. The van der Waals surface area contributed by atoms with E-state index in [1.807, 2.05) is 0 Å². The topological polar surface area (TPSA) is 108 Å². The number of hydrogen-bond acceptors (Lipinski definition) is 8. The first-order valence-electron chi connectivity index (χ1n) is 8.82. The summed E-state index contributed by atoms with van der Waals surface area (Å²) in [6.07, 6.45) is 0. The molecule has 166 valence electrons. The van der Waals surface area contributed by atoms with Crippen molar-refractivity contribution in [1.29, 1.82) is 0 Å². The van der Waals surface area contributed by atoms with E-state index < -0.39 is 17.7 Å². The molecule has 0 aromatic heterocycles. The van der Waals surface area contributed by atoms with Gasteiger partial charge in [-0.25, -0.2) is 0 Å². The molecule has 31 heavy (non-hydrogen) atoms. The molecule has 2 rings (SSSR count). The maximum atomic E-state index is 12.8. The van der Waals surface area contributed by atoms with Crippen LogP contribution in [0.3, 0.4) is 0 Å². The number of azo groups is 1. The monoisotopic (exact) mass is 469 g/mol. The van der Waals surface area contributed by atoms with Gasteiger partial charge in [-0.3, -0.25) is 9.59 Å². The van der Waals surface area contributed by atoms with E-state index in [0.717, 1.165) is 0 Å². The maximum absolute atomic E-state index is 12.8. The average Bonchev–Trinajstić information content (AvgIpc) is 2.75. The third-order valence-corrected chi connectivity index (χ3v) is 4.80. The molecule has 1 atom stereocenters. The van der Waals surface area contributed by atoms with Crippen LogP contribution in [0.5, 0.6) is 23.0 Å². The van der Waals surface area contributed by atoms with E-state index in [2.05, 4.69) is 15.5 Å². The second-order valence-electron chi connectivity index (χ2n) is 6.01. The highest BCUT2D eigenvalue weighted by molar-refractivity contribution is 6.36. The van der Waals surface area contributed by atoms with Gasteiger partial charge >= 0.3 is 0 Å². The summed E-state index contributed by atoms with van der Waals surface area (Å²) in [7, 11) is 5.66. The lowest BCUT2D eigenvalue weighted by molar-refractivity contribution is -0.126. The molecule has 0 bridgehead atoms. The summed E-state index contributed by atoms with van der Waals surface area (Å²) in [4.78, 5) is 24.9. The van der Waals surface area contributed by atoms with Crippen molar-refractivity contribution in [2.75, 3.05) is 33.8 Å². The van der Waals surface area contributed by atoms with E-state index in [1.54, 1.807) is 12.1 Å². The molecular weight excluding hydrogens is 449 g/mol. The summed E-state index contributed by atoms with van der Waals surface area (Å²) in [5.41, 5.74) is 0.362. The molecule has 0 heterocycles. The number of ether oxygens (including phenoxy) is 4. The zero-order valence-corrected chi connectivity index (χ0v) is 19.0. The summed E-state index contributed by atoms with van der Waals surface area (Å²) < 4.78 is 20.9. The average molecular weight is 470 g/mol. The number of halogens is 2. The number of hydrogen-bond donors (Lipinski definition) is 1. The number of nitrogens with zero attached hydrogens (tertiary/aromatic N) is 2. The van der Waals surface area contributed by atoms with Crippen LogP contribution in [0.25, 0.3) is 0 Å². The van der Waals surface area contributed by atoms with Crippen molar-refractivity contribution in [3.05, 3.63) is 34.3 Å². The Balaban J connectivity index is 2.39. The number of rotatable bonds is 9. The van der Waals surface area contributed by atoms with Crippen LogP contribution in [0.2, 0.25) is 10.0 Å². The van der Waals surface area contributed by atoms with Crippen molar-refractivity contribution in [3.63, 3.8) is 0 Å². The molecule has 0 radical (unpaired) electrons. The van der Waals surface area contributed by atoms with Crippen LogP contribution in [0.4, 0.5) is 11.4 Å². The Kier molecular flexibility index (Phi) is 8.47. The standard InChI is InChI=1S/C20H21Cl2N3O6/c1-10(26)16(25-24-12-7-6-11(21)18(30-4)19(12)31-5)20(27)23-17-14(29-3)9-8-13(28-2)15(17)22/h6-9,16H,1-5H3,(H,23,27). The molecule has 2 aromatic carbocycles. The Bertz CT molecular complexity index is 1010. The van der Waals surface area contributed by atoms with E-state index in [0.29, 0.717) is 10.8 Å². The Hall–Kier alpha value is -3.04. The van der Waals surface area contributed by atoms with E-state index in [-0.39, 0.29) is 33.6 Å². The molecule has 0 aliphatic carbocycles. The number of amides is 1. The van der Waals surface area contributed by atoms with Crippen LogP contribution in [-0.2, 0) is 9.59 Å². The SMILES string of the molecule is COc1ccc(OC)c(NC(=O)C(N=Nc2ccc(Cl)c(OC)c2OC)C(C)=O)c1Cl. The van der Waals surface area contributed by atoms with E-state index in [1.165, 1.54) is 47.5 Å². The summed E-state index contributed by atoms with van der Waals surface area (Å²) >= 11 is 12.4. The zero-order chi connectivity index (χ0) is 23.1. The highest BCUT2D eigenvalue weighted by atomic mass is 35.5. The van der Waals surface area contributed by atoms with Gasteiger partial charge in [-0.1, -0.05) is 23.2 Å². The summed E-state index contributed by atoms with van der Waals surface area (Å²) in [6.45, 7) is 1.22. The molecule has 0 fully saturated rings. The zero-order valence-electron chi connectivity index (χ0n) is 17.5. The minimum Gasteiger partial charge on any atom is -0.495 e. The lowest BCUT2D eigenvalue weighted by Crippen LogP contribution is -2.32. The predicted octanol–water partition coefficient (Wildman–Crippen LogP) is 4.71. The molecule has 11 heteroatoms. The molecule has 1 amide bonds. The molecule has 1 unspecified atom stereocenters. The lowest BCUT2D eigenvalue weighted by Gasteiger charge is -2.16. The van der Waals surface area contributed by atoms with Gasteiger partial charge in [0.05, 0.1) is 33.5 Å². The molecular formula is C20H21Cl2N3O6. The van der Waals surface area contributed by atoms with E-state index in [9.17, 15) is 9.59 Å². The van der Waals surface area contributed by atoms with Gasteiger partial charge < -0.3 is 24.3 Å². The fourth-order valence-corrected chi connectivity index (χ4v) is 3.11. The molecule has 0 aliphatic rings. The van der Waals surface area contributed by atoms with Gasteiger partial charge in [0.1, 0.15) is 27.9 Å². The third kappa shape index (κ3) is 5.36. The number of anilines is 1. The van der Waals surface area contributed by atoms with E-state index in [4.69, 9.17) is 42.1 Å². The highest BCUT2D eigenvalue weighted by Crippen LogP contribution is 2.43. The number of carbonyl (C=O) groups excluding carboxylic acids is 2. The number of methoxy groups -OCH3 is 4. The molecule has 2 aromatic rings. The van der Waals surface area contributed by atoms with Crippen molar-refractivity contribution in [1.82, 2.24) is 0 Å². The second kappa shape index (κ2) is 10.8. The Morgan fingerprint density at radius 2 is 1.52 bits per heavy atom. The van der Waals surface area contributed by atoms with Gasteiger partial charge in [-0.15, -0.1) is 0 Å². The minimum absolute atomic E-state index is 0.110. The number of Topliss-reactive ketones (excluding diaryl/α,β-unsaturated/α-hetero) is 1. The van der Waals surface area contributed by atoms with Crippen LogP contribution < -0.4 is 24.3 Å². The van der Waals surface area contributed by atoms with Gasteiger partial charge in [-0.05, 0) is 31.2 Å². The van der Waals surface area contributed by atoms with Crippen molar-refractivity contribution in [2.24, 2.45) is 10.2 Å². The quantitative estimate of drug-likeness (QED) is 0.420. The van der Waals surface area contributed by atoms with Gasteiger partial charge in [0.25, 0.3) is 5.91 Å². The third-order valence-electron chi connectivity index (χ3n) is 4.12. The van der Waals surface area contributed by atoms with Crippen molar-refractivity contribution >= 4 is 46.3 Å². The van der Waals surface area contributed by atoms with Gasteiger partial charge in [0, 0.05) is 0 Å². The number of carbonyl (C=O) groups is 2. The van der Waals surface area contributed by atoms with Crippen LogP contribution in [0, 0.1) is 0 Å². The molecule has 0 saturated heterocycles.